The molecule has 31 heavy (non-hydrogen) atoms. The highest BCUT2D eigenvalue weighted by Gasteiger charge is 2.23. The van der Waals surface area contributed by atoms with Crippen LogP contribution >= 0.6 is 34.9 Å². The third-order valence-corrected chi connectivity index (χ3v) is 7.69. The molecule has 4 rings (SSSR count). The lowest BCUT2D eigenvalue weighted by molar-refractivity contribution is 0.483. The van der Waals surface area contributed by atoms with Crippen LogP contribution in [0.5, 0.6) is 0 Å². The van der Waals surface area contributed by atoms with Crippen molar-refractivity contribution in [2.24, 2.45) is 0 Å². The van der Waals surface area contributed by atoms with E-state index >= 15 is 0 Å². The first kappa shape index (κ1) is 22.6. The van der Waals surface area contributed by atoms with Gasteiger partial charge in [0, 0.05) is 43.3 Å². The molecule has 1 saturated heterocycles. The molecule has 8 heteroatoms. The number of nitrogens with zero attached hydrogens (tertiary/aromatic N) is 4. The van der Waals surface area contributed by atoms with Gasteiger partial charge in [0.2, 0.25) is 5.28 Å². The third-order valence-electron chi connectivity index (χ3n) is 5.53. The minimum atomic E-state index is 0.320. The topological polar surface area (TPSA) is 44.3 Å². The molecule has 5 nitrogen and oxygen atoms in total. The Bertz CT molecular complexity index is 976. The zero-order valence-electron chi connectivity index (χ0n) is 18.2. The third kappa shape index (κ3) is 5.64. The molecule has 0 saturated carbocycles. The molecule has 166 valence electrons. The van der Waals surface area contributed by atoms with Gasteiger partial charge in [0.05, 0.1) is 9.73 Å². The molecule has 1 aliphatic rings. The van der Waals surface area contributed by atoms with Crippen LogP contribution in [0.15, 0.2) is 39.9 Å². The number of aromatic nitrogens is 2. The second-order valence-electron chi connectivity index (χ2n) is 7.94. The Kier molecular flexibility index (Phi) is 7.93. The molecule has 0 amide bonds. The van der Waals surface area contributed by atoms with Crippen LogP contribution in [-0.2, 0) is 0 Å². The van der Waals surface area contributed by atoms with Gasteiger partial charge in [0.15, 0.2) is 0 Å². The summed E-state index contributed by atoms with van der Waals surface area (Å²) in [6.07, 6.45) is 4.54. The number of halogens is 1. The number of piperidine rings is 1. The quantitative estimate of drug-likeness (QED) is 0.292. The lowest BCUT2D eigenvalue weighted by atomic mass is 10.1. The summed E-state index contributed by atoms with van der Waals surface area (Å²) >= 11 is 9.88. The van der Waals surface area contributed by atoms with E-state index in [9.17, 15) is 0 Å². The van der Waals surface area contributed by atoms with E-state index in [-0.39, 0.29) is 0 Å². The number of nitrogens with one attached hydrogen (secondary N) is 1. The van der Waals surface area contributed by atoms with Gasteiger partial charge in [-0.3, -0.25) is 4.72 Å². The van der Waals surface area contributed by atoms with E-state index in [0.717, 1.165) is 62.2 Å². The molecule has 0 bridgehead atoms. The van der Waals surface area contributed by atoms with Crippen molar-refractivity contribution in [1.29, 1.82) is 0 Å². The number of thiophene rings is 1. The normalized spacial score (nSPS) is 16.7. The van der Waals surface area contributed by atoms with Crippen molar-refractivity contribution < 1.29 is 0 Å². The van der Waals surface area contributed by atoms with Gasteiger partial charge in [-0.25, -0.2) is 4.98 Å². The largest absolute Gasteiger partial charge is 0.371 e. The van der Waals surface area contributed by atoms with Gasteiger partial charge in [0.25, 0.3) is 0 Å². The minimum Gasteiger partial charge on any atom is -0.371 e. The van der Waals surface area contributed by atoms with Crippen molar-refractivity contribution in [1.82, 2.24) is 14.7 Å². The summed E-state index contributed by atoms with van der Waals surface area (Å²) in [6.45, 7) is 8.44. The maximum absolute atomic E-state index is 6.38. The Morgan fingerprint density at radius 1 is 1.23 bits per heavy atom. The van der Waals surface area contributed by atoms with Crippen molar-refractivity contribution in [3.63, 3.8) is 0 Å². The summed E-state index contributed by atoms with van der Waals surface area (Å²) in [5, 5.41) is 3.51. The number of rotatable bonds is 9. The second-order valence-corrected chi connectivity index (χ2v) is 10.4. The van der Waals surface area contributed by atoms with Gasteiger partial charge in [-0.05, 0) is 78.9 Å². The Hall–Kier alpha value is -1.54. The summed E-state index contributed by atoms with van der Waals surface area (Å²) in [5.41, 5.74) is 2.13. The maximum atomic E-state index is 6.38. The van der Waals surface area contributed by atoms with Crippen LogP contribution in [0.4, 0.5) is 11.5 Å². The van der Waals surface area contributed by atoms with Crippen LogP contribution in [-0.4, -0.2) is 42.2 Å². The zero-order valence-corrected chi connectivity index (χ0v) is 20.6. The van der Waals surface area contributed by atoms with Crippen LogP contribution in [0.3, 0.4) is 0 Å². The number of hydrogen-bond acceptors (Lipinski definition) is 7. The minimum absolute atomic E-state index is 0.320. The van der Waals surface area contributed by atoms with Crippen molar-refractivity contribution >= 4 is 57.3 Å². The molecule has 1 aromatic carbocycles. The lowest BCUT2D eigenvalue weighted by Crippen LogP contribution is -2.44. The monoisotopic (exact) mass is 475 g/mol. The summed E-state index contributed by atoms with van der Waals surface area (Å²) in [4.78, 5) is 14.0. The smallest absolute Gasteiger partial charge is 0.224 e. The van der Waals surface area contributed by atoms with Crippen molar-refractivity contribution in [3.8, 4) is 0 Å². The SMILES string of the molecule is CCCN(CCC)c1ccc2c(N3CCCC(NSc4cccs4)C3)nc(Cl)nc2c1. The molecule has 3 heterocycles. The first-order chi connectivity index (χ1) is 15.2. The molecule has 1 fully saturated rings. The predicted molar refractivity (Wildman–Crippen MR) is 136 cm³/mol. The van der Waals surface area contributed by atoms with E-state index in [2.05, 4.69) is 74.0 Å². The van der Waals surface area contributed by atoms with Gasteiger partial charge in [-0.15, -0.1) is 11.3 Å². The summed E-state index contributed by atoms with van der Waals surface area (Å²) in [7, 11) is 0. The van der Waals surface area contributed by atoms with Crippen LogP contribution in [0.25, 0.3) is 10.9 Å². The zero-order chi connectivity index (χ0) is 21.6. The van der Waals surface area contributed by atoms with Gasteiger partial charge in [-0.2, -0.15) is 4.98 Å². The van der Waals surface area contributed by atoms with E-state index in [4.69, 9.17) is 11.6 Å². The average Bonchev–Trinajstić information content (AvgIpc) is 3.30. The number of hydrogen-bond donors (Lipinski definition) is 1. The summed E-state index contributed by atoms with van der Waals surface area (Å²) in [6, 6.07) is 11.2. The fourth-order valence-electron chi connectivity index (χ4n) is 4.15. The van der Waals surface area contributed by atoms with E-state index in [0.29, 0.717) is 11.3 Å². The van der Waals surface area contributed by atoms with Gasteiger partial charge in [0.1, 0.15) is 5.82 Å². The molecule has 2 aromatic heterocycles. The van der Waals surface area contributed by atoms with Crippen LogP contribution in [0.1, 0.15) is 39.5 Å². The van der Waals surface area contributed by atoms with Gasteiger partial charge in [-0.1, -0.05) is 19.9 Å². The standard InChI is InChI=1S/C23H30ClN5S2/c1-3-11-28(12-4-2)18-9-10-19-20(15-18)25-23(24)26-22(19)29-13-5-7-17(16-29)27-31-21-8-6-14-30-21/h6,8-10,14-15,17,27H,3-5,7,11-13,16H2,1-2H3. The Morgan fingerprint density at radius 3 is 2.81 bits per heavy atom. The molecular weight excluding hydrogens is 446 g/mol. The first-order valence-electron chi connectivity index (χ1n) is 11.1. The molecular formula is C23H30ClN5S2. The highest BCUT2D eigenvalue weighted by Crippen LogP contribution is 2.31. The molecule has 0 radical (unpaired) electrons. The highest BCUT2D eigenvalue weighted by atomic mass is 35.5. The van der Waals surface area contributed by atoms with Gasteiger partial charge >= 0.3 is 0 Å². The number of fused-ring (bicyclic) bond motifs is 1. The maximum Gasteiger partial charge on any atom is 0.224 e. The first-order valence-corrected chi connectivity index (χ1v) is 13.2. The second kappa shape index (κ2) is 10.9. The van der Waals surface area contributed by atoms with E-state index in [1.807, 2.05) is 0 Å². The highest BCUT2D eigenvalue weighted by molar-refractivity contribution is 7.99. The predicted octanol–water partition coefficient (Wildman–Crippen LogP) is 6.24. The van der Waals surface area contributed by atoms with Crippen LogP contribution in [0, 0.1) is 0 Å². The van der Waals surface area contributed by atoms with Gasteiger partial charge < -0.3 is 9.80 Å². The van der Waals surface area contributed by atoms with E-state index in [1.54, 1.807) is 23.3 Å². The molecule has 1 atom stereocenters. The summed E-state index contributed by atoms with van der Waals surface area (Å²) < 4.78 is 4.94. The fourth-order valence-corrected chi connectivity index (χ4v) is 5.89. The molecule has 1 aliphatic heterocycles. The van der Waals surface area contributed by atoms with Crippen LogP contribution < -0.4 is 14.5 Å². The molecule has 1 N–H and O–H groups in total. The lowest BCUT2D eigenvalue weighted by Gasteiger charge is -2.34. The van der Waals surface area contributed by atoms with Crippen molar-refractivity contribution in [2.75, 3.05) is 36.0 Å². The molecule has 0 aliphatic carbocycles. The van der Waals surface area contributed by atoms with E-state index < -0.39 is 0 Å². The molecule has 1 unspecified atom stereocenters. The Morgan fingerprint density at radius 2 is 2.06 bits per heavy atom. The number of anilines is 2. The molecule has 3 aromatic rings. The van der Waals surface area contributed by atoms with E-state index in [1.165, 1.54) is 16.3 Å². The summed E-state index contributed by atoms with van der Waals surface area (Å²) in [5.74, 6) is 0.951. The number of benzene rings is 1. The van der Waals surface area contributed by atoms with Crippen molar-refractivity contribution in [3.05, 3.63) is 41.0 Å². The Balaban J connectivity index is 1.56. The fraction of sp³-hybridized carbons (Fsp3) is 0.478. The van der Waals surface area contributed by atoms with Crippen LogP contribution in [0.2, 0.25) is 5.28 Å². The Labute approximate surface area is 198 Å². The van der Waals surface area contributed by atoms with Crippen molar-refractivity contribution in [2.45, 2.75) is 49.8 Å². The average molecular weight is 476 g/mol. The molecule has 0 spiro atoms.